The second-order valence-electron chi connectivity index (χ2n) is 7.50. The van der Waals surface area contributed by atoms with Gasteiger partial charge in [-0.25, -0.2) is 9.97 Å². The lowest BCUT2D eigenvalue weighted by atomic mass is 9.98. The van der Waals surface area contributed by atoms with Crippen LogP contribution in [0.15, 0.2) is 42.4 Å². The number of aromatic amines is 1. The lowest BCUT2D eigenvalue weighted by Crippen LogP contribution is -2.44. The van der Waals surface area contributed by atoms with Crippen LogP contribution in [0.2, 0.25) is 0 Å². The van der Waals surface area contributed by atoms with Crippen molar-refractivity contribution in [2.75, 3.05) is 24.7 Å². The van der Waals surface area contributed by atoms with E-state index in [1.165, 1.54) is 0 Å². The van der Waals surface area contributed by atoms with Gasteiger partial charge in [-0.15, -0.1) is 0 Å². The standard InChI is InChI=1S/C22H26N6O/c1-13-12-29-9-8-28(13)20-11-16(21(14(2)23)15(3)24)10-19(27-20)17-4-6-25-22-18(17)5-7-26-22/h4-7,10-11,13,23H,8-9,12,24H2,1-3H3,(H,25,26)/t13-/m1/s1. The smallest absolute Gasteiger partial charge is 0.137 e. The minimum atomic E-state index is 0.219. The Labute approximate surface area is 170 Å². The highest BCUT2D eigenvalue weighted by Crippen LogP contribution is 2.32. The summed E-state index contributed by atoms with van der Waals surface area (Å²) in [5.41, 5.74) is 11.5. The summed E-state index contributed by atoms with van der Waals surface area (Å²) in [5, 5.41) is 9.26. The van der Waals surface area contributed by atoms with E-state index in [0.29, 0.717) is 24.6 Å². The molecule has 3 aromatic heterocycles. The zero-order valence-electron chi connectivity index (χ0n) is 17.0. The van der Waals surface area contributed by atoms with Gasteiger partial charge in [-0.05, 0) is 50.6 Å². The molecule has 1 fully saturated rings. The maximum absolute atomic E-state index is 8.25. The van der Waals surface area contributed by atoms with Crippen molar-refractivity contribution in [2.24, 2.45) is 5.73 Å². The zero-order chi connectivity index (χ0) is 20.5. The van der Waals surface area contributed by atoms with Gasteiger partial charge < -0.3 is 25.8 Å². The Morgan fingerprint density at radius 1 is 1.31 bits per heavy atom. The van der Waals surface area contributed by atoms with E-state index in [0.717, 1.165) is 45.8 Å². The first-order valence-electron chi connectivity index (χ1n) is 9.77. The SMILES string of the molecule is CC(=N)C(=C(C)N)c1cc(-c2ccnc3[nH]ccc23)nc(N2CCOC[C@H]2C)c1. The highest BCUT2D eigenvalue weighted by atomic mass is 16.5. The first-order valence-corrected chi connectivity index (χ1v) is 9.77. The van der Waals surface area contributed by atoms with Crippen molar-refractivity contribution < 1.29 is 4.74 Å². The highest BCUT2D eigenvalue weighted by Gasteiger charge is 2.23. The Hall–Kier alpha value is -3.19. The molecule has 4 rings (SSSR count). The van der Waals surface area contributed by atoms with E-state index in [9.17, 15) is 0 Å². The molecule has 7 nitrogen and oxygen atoms in total. The van der Waals surface area contributed by atoms with E-state index in [1.54, 1.807) is 13.1 Å². The molecule has 0 amide bonds. The van der Waals surface area contributed by atoms with Gasteiger partial charge in [-0.3, -0.25) is 0 Å². The van der Waals surface area contributed by atoms with Crippen molar-refractivity contribution in [3.8, 4) is 11.3 Å². The third-order valence-corrected chi connectivity index (χ3v) is 5.27. The van der Waals surface area contributed by atoms with E-state index >= 15 is 0 Å². The first-order chi connectivity index (χ1) is 14.0. The number of pyridine rings is 2. The zero-order valence-corrected chi connectivity index (χ0v) is 17.0. The van der Waals surface area contributed by atoms with Crippen LogP contribution in [0.1, 0.15) is 26.3 Å². The lowest BCUT2D eigenvalue weighted by Gasteiger charge is -2.34. The number of ether oxygens (including phenoxy) is 1. The number of allylic oxidation sites excluding steroid dienone is 2. The number of aromatic nitrogens is 3. The minimum Gasteiger partial charge on any atom is -0.402 e. The van der Waals surface area contributed by atoms with Crippen LogP contribution < -0.4 is 10.6 Å². The summed E-state index contributed by atoms with van der Waals surface area (Å²) in [6, 6.07) is 8.25. The number of hydrogen-bond acceptors (Lipinski definition) is 6. The quantitative estimate of drug-likeness (QED) is 0.591. The van der Waals surface area contributed by atoms with Gasteiger partial charge in [0.2, 0.25) is 0 Å². The molecular formula is C22H26N6O. The molecule has 1 aliphatic heterocycles. The number of nitrogens with two attached hydrogens (primary N) is 1. The third kappa shape index (κ3) is 3.61. The number of fused-ring (bicyclic) bond motifs is 1. The molecule has 1 aliphatic rings. The Balaban J connectivity index is 1.94. The van der Waals surface area contributed by atoms with Crippen molar-refractivity contribution in [3.63, 3.8) is 0 Å². The molecule has 0 unspecified atom stereocenters. The van der Waals surface area contributed by atoms with Crippen LogP contribution in [-0.2, 0) is 4.74 Å². The molecular weight excluding hydrogens is 364 g/mol. The Morgan fingerprint density at radius 2 is 2.14 bits per heavy atom. The molecule has 4 N–H and O–H groups in total. The summed E-state index contributed by atoms with van der Waals surface area (Å²) in [7, 11) is 0. The van der Waals surface area contributed by atoms with Crippen LogP contribution in [0.25, 0.3) is 27.9 Å². The summed E-state index contributed by atoms with van der Waals surface area (Å²) < 4.78 is 5.60. The summed E-state index contributed by atoms with van der Waals surface area (Å²) in [4.78, 5) is 14.8. The van der Waals surface area contributed by atoms with Crippen molar-refractivity contribution in [2.45, 2.75) is 26.8 Å². The molecule has 4 heterocycles. The van der Waals surface area contributed by atoms with Crippen molar-refractivity contribution in [1.82, 2.24) is 15.0 Å². The topological polar surface area (TPSA) is 104 Å². The van der Waals surface area contributed by atoms with E-state index in [-0.39, 0.29) is 6.04 Å². The van der Waals surface area contributed by atoms with E-state index in [1.807, 2.05) is 37.4 Å². The number of H-pyrrole nitrogens is 1. The summed E-state index contributed by atoms with van der Waals surface area (Å²) in [5.74, 6) is 0.869. The molecule has 1 saturated heterocycles. The number of hydrogen-bond donors (Lipinski definition) is 3. The normalized spacial score (nSPS) is 18.0. The van der Waals surface area contributed by atoms with Crippen molar-refractivity contribution >= 4 is 28.1 Å². The predicted octanol–water partition coefficient (Wildman–Crippen LogP) is 3.58. The average Bonchev–Trinajstić information content (AvgIpc) is 3.16. The maximum atomic E-state index is 8.25. The largest absolute Gasteiger partial charge is 0.402 e. The minimum absolute atomic E-state index is 0.219. The molecule has 0 saturated carbocycles. The molecule has 0 bridgehead atoms. The Bertz CT molecular complexity index is 1100. The number of nitrogens with zero attached hydrogens (tertiary/aromatic N) is 3. The van der Waals surface area contributed by atoms with Crippen LogP contribution in [0.3, 0.4) is 0 Å². The molecule has 0 aromatic carbocycles. The Morgan fingerprint density at radius 3 is 2.86 bits per heavy atom. The van der Waals surface area contributed by atoms with E-state index in [2.05, 4.69) is 21.8 Å². The molecule has 0 radical (unpaired) electrons. The average molecular weight is 390 g/mol. The summed E-state index contributed by atoms with van der Waals surface area (Å²) in [6.07, 6.45) is 3.67. The molecule has 3 aromatic rings. The summed E-state index contributed by atoms with van der Waals surface area (Å²) >= 11 is 0. The molecule has 150 valence electrons. The number of rotatable bonds is 4. The van der Waals surface area contributed by atoms with Crippen LogP contribution in [0.4, 0.5) is 5.82 Å². The molecule has 0 spiro atoms. The fourth-order valence-corrected chi connectivity index (χ4v) is 3.94. The monoisotopic (exact) mass is 390 g/mol. The fraction of sp³-hybridized carbons (Fsp3) is 0.318. The van der Waals surface area contributed by atoms with Crippen LogP contribution in [0.5, 0.6) is 0 Å². The van der Waals surface area contributed by atoms with Crippen molar-refractivity contribution in [1.29, 1.82) is 5.41 Å². The number of morpholine rings is 1. The van der Waals surface area contributed by atoms with Gasteiger partial charge in [0, 0.05) is 46.9 Å². The van der Waals surface area contributed by atoms with Crippen LogP contribution >= 0.6 is 0 Å². The number of nitrogens with one attached hydrogen (secondary N) is 2. The van der Waals surface area contributed by atoms with Gasteiger partial charge in [0.15, 0.2) is 0 Å². The van der Waals surface area contributed by atoms with Crippen LogP contribution in [-0.4, -0.2) is 46.5 Å². The van der Waals surface area contributed by atoms with E-state index in [4.69, 9.17) is 20.9 Å². The molecule has 1 atom stereocenters. The third-order valence-electron chi connectivity index (χ3n) is 5.27. The lowest BCUT2D eigenvalue weighted by molar-refractivity contribution is 0.0985. The molecule has 7 heteroatoms. The van der Waals surface area contributed by atoms with E-state index < -0.39 is 0 Å². The van der Waals surface area contributed by atoms with Gasteiger partial charge in [-0.1, -0.05) is 0 Å². The van der Waals surface area contributed by atoms with Gasteiger partial charge in [0.1, 0.15) is 11.5 Å². The van der Waals surface area contributed by atoms with Gasteiger partial charge >= 0.3 is 0 Å². The van der Waals surface area contributed by atoms with Crippen LogP contribution in [0, 0.1) is 5.41 Å². The van der Waals surface area contributed by atoms with Gasteiger partial charge in [-0.2, -0.15) is 0 Å². The fourth-order valence-electron chi connectivity index (χ4n) is 3.94. The molecule has 29 heavy (non-hydrogen) atoms. The summed E-state index contributed by atoms with van der Waals surface area (Å²) in [6.45, 7) is 7.85. The van der Waals surface area contributed by atoms with Crippen molar-refractivity contribution in [3.05, 3.63) is 47.9 Å². The maximum Gasteiger partial charge on any atom is 0.137 e. The predicted molar refractivity (Wildman–Crippen MR) is 117 cm³/mol. The Kier molecular flexibility index (Phi) is 5.07. The highest BCUT2D eigenvalue weighted by molar-refractivity contribution is 6.22. The van der Waals surface area contributed by atoms with Gasteiger partial charge in [0.25, 0.3) is 0 Å². The molecule has 0 aliphatic carbocycles. The second kappa shape index (κ2) is 7.67. The number of anilines is 1. The first kappa shape index (κ1) is 19.1. The van der Waals surface area contributed by atoms with Gasteiger partial charge in [0.05, 0.1) is 24.9 Å². The second-order valence-corrected chi connectivity index (χ2v) is 7.50.